The molecule has 7 atom stereocenters. The van der Waals surface area contributed by atoms with Crippen LogP contribution < -0.4 is 0 Å². The van der Waals surface area contributed by atoms with Gasteiger partial charge in [0.15, 0.2) is 6.17 Å². The van der Waals surface area contributed by atoms with Gasteiger partial charge in [0.1, 0.15) is 0 Å². The molecule has 1 aliphatic carbocycles. The van der Waals surface area contributed by atoms with Crippen LogP contribution in [0.4, 0.5) is 4.39 Å². The molecule has 0 spiro atoms. The number of hydrogen-bond donors (Lipinski definition) is 0. The molecule has 3 rings (SSSR count). The highest BCUT2D eigenvalue weighted by Gasteiger charge is 2.63. The van der Waals surface area contributed by atoms with E-state index in [2.05, 4.69) is 53.4 Å². The lowest BCUT2D eigenvalue weighted by atomic mass is 9.81. The maximum atomic E-state index is 14.4. The maximum absolute atomic E-state index is 14.4. The van der Waals surface area contributed by atoms with Crippen LogP contribution in [0, 0.1) is 23.2 Å². The first-order valence-corrected chi connectivity index (χ1v) is 11.3. The molecule has 162 valence electrons. The van der Waals surface area contributed by atoms with Crippen LogP contribution in [0.1, 0.15) is 88.5 Å². The predicted molar refractivity (Wildman–Crippen MR) is 114 cm³/mol. The zero-order chi connectivity index (χ0) is 21.4. The number of halogens is 1. The highest BCUT2D eigenvalue weighted by Crippen LogP contribution is 2.61. The van der Waals surface area contributed by atoms with Crippen LogP contribution in [0.3, 0.4) is 0 Å². The molecular weight excluding hydrogens is 351 g/mol. The van der Waals surface area contributed by atoms with Crippen LogP contribution in [0.25, 0.3) is 0 Å². The standard InChI is InChI=1S/C24H43FN2O/c1-14(18-13-17(25)21(28)27(18)24(8,9)10)11-19-15-12-16(15)20(22(2,3)4)26(19)23(5,6)7/h14-20H,11-13H2,1-10H3. The van der Waals surface area contributed by atoms with Crippen molar-refractivity contribution in [2.75, 3.05) is 0 Å². The molecule has 4 heteroatoms. The van der Waals surface area contributed by atoms with Crippen LogP contribution in [0.15, 0.2) is 0 Å². The summed E-state index contributed by atoms with van der Waals surface area (Å²) in [6, 6.07) is 1.16. The number of carbonyl (C=O) groups excluding carboxylic acids is 1. The molecule has 3 fully saturated rings. The number of hydrogen-bond acceptors (Lipinski definition) is 2. The summed E-state index contributed by atoms with van der Waals surface area (Å²) in [7, 11) is 0. The molecule has 0 aromatic heterocycles. The summed E-state index contributed by atoms with van der Waals surface area (Å²) < 4.78 is 14.4. The van der Waals surface area contributed by atoms with Crippen LogP contribution in [0.2, 0.25) is 0 Å². The zero-order valence-electron chi connectivity index (χ0n) is 19.8. The Labute approximate surface area is 172 Å². The fourth-order valence-corrected chi connectivity index (χ4v) is 6.51. The van der Waals surface area contributed by atoms with Crippen molar-refractivity contribution in [3.05, 3.63) is 0 Å². The number of amides is 1. The third kappa shape index (κ3) is 3.75. The van der Waals surface area contributed by atoms with Gasteiger partial charge < -0.3 is 4.90 Å². The van der Waals surface area contributed by atoms with Gasteiger partial charge in [0.05, 0.1) is 0 Å². The van der Waals surface area contributed by atoms with Crippen LogP contribution in [-0.4, -0.2) is 51.1 Å². The van der Waals surface area contributed by atoms with E-state index < -0.39 is 6.17 Å². The summed E-state index contributed by atoms with van der Waals surface area (Å²) in [6.45, 7) is 22.5. The van der Waals surface area contributed by atoms with Crippen molar-refractivity contribution in [3.8, 4) is 0 Å². The SMILES string of the molecule is CC(CC1C2CC2C(C(C)(C)C)N1C(C)(C)C)C1CC(F)C(=O)N1C(C)(C)C. The summed E-state index contributed by atoms with van der Waals surface area (Å²) >= 11 is 0. The number of rotatable bonds is 3. The third-order valence-corrected chi connectivity index (χ3v) is 7.39. The molecule has 0 bridgehead atoms. The van der Waals surface area contributed by atoms with Gasteiger partial charge in [0.25, 0.3) is 5.91 Å². The van der Waals surface area contributed by atoms with Gasteiger partial charge in [-0.25, -0.2) is 4.39 Å². The number of nitrogens with zero attached hydrogens (tertiary/aromatic N) is 2. The minimum absolute atomic E-state index is 0.00945. The number of piperidine rings is 1. The first-order valence-electron chi connectivity index (χ1n) is 11.3. The Hall–Kier alpha value is -0.640. The highest BCUT2D eigenvalue weighted by atomic mass is 19.1. The second kappa shape index (κ2) is 6.68. The Kier molecular flexibility index (Phi) is 5.27. The maximum Gasteiger partial charge on any atom is 0.257 e. The average Bonchev–Trinajstić information content (AvgIpc) is 3.09. The monoisotopic (exact) mass is 394 g/mol. The molecule has 1 saturated carbocycles. The summed E-state index contributed by atoms with van der Waals surface area (Å²) in [5.74, 6) is 1.57. The average molecular weight is 395 g/mol. The smallest absolute Gasteiger partial charge is 0.257 e. The van der Waals surface area contributed by atoms with Crippen LogP contribution in [-0.2, 0) is 4.79 Å². The Bertz CT molecular complexity index is 612. The van der Waals surface area contributed by atoms with Crippen molar-refractivity contribution in [3.63, 3.8) is 0 Å². The molecular formula is C24H43FN2O. The van der Waals surface area contributed by atoms with Crippen molar-refractivity contribution in [1.82, 2.24) is 9.80 Å². The third-order valence-electron chi connectivity index (χ3n) is 7.39. The van der Waals surface area contributed by atoms with Crippen LogP contribution in [0.5, 0.6) is 0 Å². The predicted octanol–water partition coefficient (Wildman–Crippen LogP) is 5.28. The summed E-state index contributed by atoms with van der Waals surface area (Å²) in [6.07, 6.45) is 1.42. The molecule has 1 amide bonds. The minimum Gasteiger partial charge on any atom is -0.332 e. The fraction of sp³-hybridized carbons (Fsp3) is 0.958. The van der Waals surface area contributed by atoms with Crippen molar-refractivity contribution >= 4 is 5.91 Å². The molecule has 2 aliphatic heterocycles. The number of alkyl halides is 1. The van der Waals surface area contributed by atoms with E-state index in [0.29, 0.717) is 24.4 Å². The summed E-state index contributed by atoms with van der Waals surface area (Å²) in [5.41, 5.74) is 0.0510. The number of fused-ring (bicyclic) bond motifs is 1. The van der Waals surface area contributed by atoms with Gasteiger partial charge in [-0.2, -0.15) is 0 Å². The quantitative estimate of drug-likeness (QED) is 0.650. The molecule has 7 unspecified atom stereocenters. The van der Waals surface area contributed by atoms with E-state index in [1.165, 1.54) is 6.42 Å². The molecule has 28 heavy (non-hydrogen) atoms. The highest BCUT2D eigenvalue weighted by molar-refractivity contribution is 5.84. The Morgan fingerprint density at radius 1 is 0.964 bits per heavy atom. The molecule has 0 radical (unpaired) electrons. The molecule has 3 nitrogen and oxygen atoms in total. The molecule has 2 heterocycles. The fourth-order valence-electron chi connectivity index (χ4n) is 6.51. The van der Waals surface area contributed by atoms with Crippen molar-refractivity contribution < 1.29 is 9.18 Å². The largest absolute Gasteiger partial charge is 0.332 e. The van der Waals surface area contributed by atoms with Gasteiger partial charge in [0, 0.05) is 35.6 Å². The van der Waals surface area contributed by atoms with E-state index >= 15 is 0 Å². The number of carbonyl (C=O) groups is 1. The van der Waals surface area contributed by atoms with Gasteiger partial charge in [0.2, 0.25) is 0 Å². The van der Waals surface area contributed by atoms with E-state index in [4.69, 9.17) is 0 Å². The second-order valence-corrected chi connectivity index (χ2v) is 12.9. The van der Waals surface area contributed by atoms with E-state index in [1.54, 1.807) is 0 Å². The van der Waals surface area contributed by atoms with Crippen molar-refractivity contribution in [2.24, 2.45) is 23.2 Å². The van der Waals surface area contributed by atoms with E-state index in [-0.39, 0.29) is 28.4 Å². The van der Waals surface area contributed by atoms with Gasteiger partial charge in [-0.3, -0.25) is 9.69 Å². The molecule has 0 aromatic rings. The van der Waals surface area contributed by atoms with E-state index in [0.717, 1.165) is 18.3 Å². The molecule has 2 saturated heterocycles. The lowest BCUT2D eigenvalue weighted by Gasteiger charge is -2.49. The topological polar surface area (TPSA) is 23.6 Å². The molecule has 0 aromatic carbocycles. The minimum atomic E-state index is -1.33. The van der Waals surface area contributed by atoms with Gasteiger partial charge in [-0.15, -0.1) is 0 Å². The normalized spacial score (nSPS) is 38.1. The Morgan fingerprint density at radius 3 is 2.00 bits per heavy atom. The Balaban J connectivity index is 1.83. The second-order valence-electron chi connectivity index (χ2n) is 12.9. The van der Waals surface area contributed by atoms with Crippen LogP contribution >= 0.6 is 0 Å². The molecule has 3 aliphatic rings. The first-order chi connectivity index (χ1) is 12.5. The van der Waals surface area contributed by atoms with E-state index in [9.17, 15) is 9.18 Å². The van der Waals surface area contributed by atoms with Crippen molar-refractivity contribution in [1.29, 1.82) is 0 Å². The van der Waals surface area contributed by atoms with Gasteiger partial charge in [-0.05, 0) is 77.6 Å². The number of likely N-dealkylation sites (tertiary alicyclic amines) is 2. The lowest BCUT2D eigenvalue weighted by Crippen LogP contribution is -2.56. The first kappa shape index (κ1) is 22.1. The summed E-state index contributed by atoms with van der Waals surface area (Å²) in [5, 5.41) is 0. The lowest BCUT2D eigenvalue weighted by molar-refractivity contribution is -0.138. The van der Waals surface area contributed by atoms with Gasteiger partial charge >= 0.3 is 0 Å². The summed E-state index contributed by atoms with van der Waals surface area (Å²) in [4.78, 5) is 17.2. The Morgan fingerprint density at radius 2 is 1.54 bits per heavy atom. The van der Waals surface area contributed by atoms with Crippen molar-refractivity contribution in [2.45, 2.75) is 124 Å². The zero-order valence-corrected chi connectivity index (χ0v) is 19.8. The van der Waals surface area contributed by atoms with Gasteiger partial charge in [-0.1, -0.05) is 27.7 Å². The van der Waals surface area contributed by atoms with E-state index in [1.807, 2.05) is 25.7 Å². The molecule has 0 N–H and O–H groups in total.